The quantitative estimate of drug-likeness (QED) is 0.852. The van der Waals surface area contributed by atoms with Crippen LogP contribution in [0.3, 0.4) is 0 Å². The minimum Gasteiger partial charge on any atom is -0.481 e. The third-order valence-electron chi connectivity index (χ3n) is 5.36. The zero-order valence-corrected chi connectivity index (χ0v) is 13.5. The van der Waals surface area contributed by atoms with E-state index in [-0.39, 0.29) is 12.1 Å². The summed E-state index contributed by atoms with van der Waals surface area (Å²) >= 11 is 0. The van der Waals surface area contributed by atoms with E-state index in [2.05, 4.69) is 13.8 Å². The number of urea groups is 1. The van der Waals surface area contributed by atoms with Gasteiger partial charge in [-0.15, -0.1) is 0 Å². The van der Waals surface area contributed by atoms with Crippen LogP contribution in [0.15, 0.2) is 0 Å². The van der Waals surface area contributed by atoms with Crippen molar-refractivity contribution in [2.45, 2.75) is 58.9 Å². The van der Waals surface area contributed by atoms with Gasteiger partial charge in [-0.3, -0.25) is 4.79 Å². The normalized spacial score (nSPS) is 33.9. The van der Waals surface area contributed by atoms with Gasteiger partial charge in [0.2, 0.25) is 0 Å². The molecule has 21 heavy (non-hydrogen) atoms. The number of aliphatic carboxylic acids is 1. The lowest BCUT2D eigenvalue weighted by atomic mass is 9.77. The van der Waals surface area contributed by atoms with Crippen LogP contribution in [0.5, 0.6) is 0 Å². The van der Waals surface area contributed by atoms with Gasteiger partial charge in [0.15, 0.2) is 0 Å². The van der Waals surface area contributed by atoms with Crippen molar-refractivity contribution in [3.63, 3.8) is 0 Å². The molecule has 0 aliphatic carbocycles. The molecule has 2 amide bonds. The van der Waals surface area contributed by atoms with Gasteiger partial charge < -0.3 is 14.9 Å². The van der Waals surface area contributed by atoms with Crippen LogP contribution in [0.4, 0.5) is 4.79 Å². The predicted octanol–water partition coefficient (Wildman–Crippen LogP) is 2.80. The van der Waals surface area contributed by atoms with E-state index >= 15 is 0 Å². The standard InChI is InChI=1S/C16H28N2O3/c1-4-16(14(19)20)7-5-8-17(11-16)15(21)18-9-6-12(2)10-13(18)3/h12-13H,4-11H2,1-3H3,(H,19,20). The molecule has 2 rings (SSSR count). The molecule has 0 aromatic heterocycles. The number of rotatable bonds is 2. The van der Waals surface area contributed by atoms with Gasteiger partial charge in [0.25, 0.3) is 0 Å². The first-order chi connectivity index (χ1) is 9.89. The summed E-state index contributed by atoms with van der Waals surface area (Å²) in [6.45, 7) is 8.08. The predicted molar refractivity (Wildman–Crippen MR) is 81.1 cm³/mol. The third-order valence-corrected chi connectivity index (χ3v) is 5.36. The Bertz CT molecular complexity index is 412. The van der Waals surface area contributed by atoms with E-state index < -0.39 is 11.4 Å². The molecular formula is C16H28N2O3. The molecule has 2 saturated heterocycles. The van der Waals surface area contributed by atoms with Gasteiger partial charge in [-0.05, 0) is 44.9 Å². The number of carboxylic acid groups (broad SMARTS) is 1. The highest BCUT2D eigenvalue weighted by atomic mass is 16.4. The molecule has 0 spiro atoms. The Morgan fingerprint density at radius 1 is 1.29 bits per heavy atom. The summed E-state index contributed by atoms with van der Waals surface area (Å²) < 4.78 is 0. The molecule has 0 saturated carbocycles. The average molecular weight is 296 g/mol. The Morgan fingerprint density at radius 3 is 2.57 bits per heavy atom. The molecule has 120 valence electrons. The van der Waals surface area contributed by atoms with Crippen LogP contribution < -0.4 is 0 Å². The highest BCUT2D eigenvalue weighted by Gasteiger charge is 2.43. The maximum atomic E-state index is 12.8. The molecule has 0 aromatic carbocycles. The molecule has 2 heterocycles. The number of hydrogen-bond donors (Lipinski definition) is 1. The van der Waals surface area contributed by atoms with Crippen molar-refractivity contribution in [3.8, 4) is 0 Å². The Labute approximate surface area is 127 Å². The summed E-state index contributed by atoms with van der Waals surface area (Å²) in [5.41, 5.74) is -0.750. The molecule has 2 aliphatic heterocycles. The van der Waals surface area contributed by atoms with Crippen LogP contribution in [0.25, 0.3) is 0 Å². The van der Waals surface area contributed by atoms with E-state index in [1.54, 1.807) is 4.90 Å². The van der Waals surface area contributed by atoms with E-state index in [0.29, 0.717) is 31.8 Å². The van der Waals surface area contributed by atoms with Crippen molar-refractivity contribution in [1.29, 1.82) is 0 Å². The first-order valence-electron chi connectivity index (χ1n) is 8.18. The second-order valence-corrected chi connectivity index (χ2v) is 6.92. The molecular weight excluding hydrogens is 268 g/mol. The first-order valence-corrected chi connectivity index (χ1v) is 8.18. The fourth-order valence-corrected chi connectivity index (χ4v) is 3.78. The molecule has 0 radical (unpaired) electrons. The minimum absolute atomic E-state index is 0.0353. The monoisotopic (exact) mass is 296 g/mol. The minimum atomic E-state index is -0.761. The Morgan fingerprint density at radius 2 is 2.00 bits per heavy atom. The second-order valence-electron chi connectivity index (χ2n) is 6.92. The van der Waals surface area contributed by atoms with Gasteiger partial charge in [-0.2, -0.15) is 0 Å². The molecule has 5 heteroatoms. The summed E-state index contributed by atoms with van der Waals surface area (Å²) in [6.07, 6.45) is 4.12. The summed E-state index contributed by atoms with van der Waals surface area (Å²) in [5, 5.41) is 9.53. The molecule has 0 aromatic rings. The van der Waals surface area contributed by atoms with Crippen LogP contribution in [-0.2, 0) is 4.79 Å². The van der Waals surface area contributed by atoms with Gasteiger partial charge in [-0.1, -0.05) is 13.8 Å². The number of nitrogens with zero attached hydrogens (tertiary/aromatic N) is 2. The fourth-order valence-electron chi connectivity index (χ4n) is 3.78. The first kappa shape index (κ1) is 16.1. The number of likely N-dealkylation sites (tertiary alicyclic amines) is 2. The molecule has 2 aliphatic rings. The number of hydrogen-bond acceptors (Lipinski definition) is 2. The van der Waals surface area contributed by atoms with Crippen molar-refractivity contribution in [2.24, 2.45) is 11.3 Å². The van der Waals surface area contributed by atoms with Crippen LogP contribution >= 0.6 is 0 Å². The Kier molecular flexibility index (Phi) is 4.79. The molecule has 0 bridgehead atoms. The smallest absolute Gasteiger partial charge is 0.320 e. The van der Waals surface area contributed by atoms with Crippen LogP contribution in [0.2, 0.25) is 0 Å². The van der Waals surface area contributed by atoms with E-state index in [0.717, 1.165) is 25.8 Å². The van der Waals surface area contributed by atoms with Crippen molar-refractivity contribution in [3.05, 3.63) is 0 Å². The van der Waals surface area contributed by atoms with Gasteiger partial charge in [0.1, 0.15) is 0 Å². The van der Waals surface area contributed by atoms with Gasteiger partial charge in [-0.25, -0.2) is 4.79 Å². The van der Waals surface area contributed by atoms with Gasteiger partial charge >= 0.3 is 12.0 Å². The summed E-state index contributed by atoms with van der Waals surface area (Å²) in [4.78, 5) is 28.1. The maximum Gasteiger partial charge on any atom is 0.320 e. The highest BCUT2D eigenvalue weighted by molar-refractivity contribution is 5.79. The van der Waals surface area contributed by atoms with Crippen LogP contribution in [-0.4, -0.2) is 52.6 Å². The van der Waals surface area contributed by atoms with Gasteiger partial charge in [0, 0.05) is 25.7 Å². The average Bonchev–Trinajstić information content (AvgIpc) is 2.46. The maximum absolute atomic E-state index is 12.8. The number of amides is 2. The molecule has 5 nitrogen and oxygen atoms in total. The second kappa shape index (κ2) is 6.24. The van der Waals surface area contributed by atoms with Crippen molar-refractivity contribution in [1.82, 2.24) is 9.80 Å². The zero-order valence-electron chi connectivity index (χ0n) is 13.5. The number of carbonyl (C=O) groups excluding carboxylic acids is 1. The number of carbonyl (C=O) groups is 2. The summed E-state index contributed by atoms with van der Waals surface area (Å²) in [6, 6.07) is 0.289. The topological polar surface area (TPSA) is 60.9 Å². The number of piperidine rings is 2. The van der Waals surface area contributed by atoms with E-state index in [9.17, 15) is 14.7 Å². The fraction of sp³-hybridized carbons (Fsp3) is 0.875. The van der Waals surface area contributed by atoms with E-state index in [1.165, 1.54) is 0 Å². The molecule has 1 N–H and O–H groups in total. The molecule has 3 atom stereocenters. The van der Waals surface area contributed by atoms with Crippen molar-refractivity contribution in [2.75, 3.05) is 19.6 Å². The van der Waals surface area contributed by atoms with Crippen LogP contribution in [0, 0.1) is 11.3 Å². The van der Waals surface area contributed by atoms with Crippen molar-refractivity contribution < 1.29 is 14.7 Å². The molecule has 2 fully saturated rings. The van der Waals surface area contributed by atoms with E-state index in [1.807, 2.05) is 11.8 Å². The summed E-state index contributed by atoms with van der Waals surface area (Å²) in [7, 11) is 0. The lowest BCUT2D eigenvalue weighted by molar-refractivity contribution is -0.152. The third kappa shape index (κ3) is 3.16. The van der Waals surface area contributed by atoms with E-state index in [4.69, 9.17) is 0 Å². The Hall–Kier alpha value is -1.26. The lowest BCUT2D eigenvalue weighted by Crippen LogP contribution is -2.56. The lowest BCUT2D eigenvalue weighted by Gasteiger charge is -2.44. The van der Waals surface area contributed by atoms with Crippen LogP contribution in [0.1, 0.15) is 52.9 Å². The molecule has 3 unspecified atom stereocenters. The van der Waals surface area contributed by atoms with Gasteiger partial charge in [0.05, 0.1) is 5.41 Å². The SMILES string of the molecule is CCC1(C(=O)O)CCCN(C(=O)N2CCC(C)CC2C)C1. The summed E-state index contributed by atoms with van der Waals surface area (Å²) in [5.74, 6) is -0.0954. The number of carboxylic acids is 1. The zero-order chi connectivity index (χ0) is 15.6. The highest BCUT2D eigenvalue weighted by Crippen LogP contribution is 2.34. The largest absolute Gasteiger partial charge is 0.481 e. The Balaban J connectivity index is 2.07. The van der Waals surface area contributed by atoms with Crippen molar-refractivity contribution >= 4 is 12.0 Å².